The molecule has 0 spiro atoms. The second kappa shape index (κ2) is 10.00. The van der Waals surface area contributed by atoms with Gasteiger partial charge in [-0.1, -0.05) is 0 Å². The van der Waals surface area contributed by atoms with Crippen molar-refractivity contribution < 1.29 is 9.18 Å². The Morgan fingerprint density at radius 3 is 2.74 bits per heavy atom. The van der Waals surface area contributed by atoms with E-state index in [0.717, 1.165) is 26.2 Å². The maximum absolute atomic E-state index is 15.1. The minimum absolute atomic E-state index is 0.00202. The molecule has 1 amide bonds. The zero-order valence-electron chi connectivity index (χ0n) is 20.0. The summed E-state index contributed by atoms with van der Waals surface area (Å²) in [5.41, 5.74) is -0.235. The van der Waals surface area contributed by atoms with Crippen LogP contribution in [0.2, 0.25) is 0 Å². The van der Waals surface area contributed by atoms with Gasteiger partial charge in [-0.05, 0) is 39.4 Å². The minimum Gasteiger partial charge on any atom is -0.366 e. The van der Waals surface area contributed by atoms with Crippen molar-refractivity contribution in [1.29, 1.82) is 0 Å². The SMILES string of the molecule is CC1CCCN1CCNc1nc2c(cc1F)c(=O)c(C(=O)N1CCN(C)CC1)cn2-c1nccs1. The first kappa shape index (κ1) is 23.8. The number of hydrogen-bond acceptors (Lipinski definition) is 8. The lowest BCUT2D eigenvalue weighted by Crippen LogP contribution is -2.48. The Kier molecular flexibility index (Phi) is 6.81. The zero-order chi connectivity index (χ0) is 24.5. The number of rotatable bonds is 6. The monoisotopic (exact) mass is 499 g/mol. The number of nitrogens with zero attached hydrogens (tertiary/aromatic N) is 6. The van der Waals surface area contributed by atoms with Gasteiger partial charge in [0.15, 0.2) is 22.4 Å². The Hall–Kier alpha value is -2.89. The van der Waals surface area contributed by atoms with Crippen molar-refractivity contribution in [3.63, 3.8) is 0 Å². The number of fused-ring (bicyclic) bond motifs is 1. The summed E-state index contributed by atoms with van der Waals surface area (Å²) in [6.07, 6.45) is 5.51. The van der Waals surface area contributed by atoms with Gasteiger partial charge in [-0.2, -0.15) is 0 Å². The van der Waals surface area contributed by atoms with Crippen LogP contribution in [0, 0.1) is 5.82 Å². The lowest BCUT2D eigenvalue weighted by molar-refractivity contribution is 0.0662. The van der Waals surface area contributed by atoms with Crippen LogP contribution >= 0.6 is 11.3 Å². The van der Waals surface area contributed by atoms with E-state index in [4.69, 9.17) is 0 Å². The van der Waals surface area contributed by atoms with Crippen LogP contribution in [-0.4, -0.2) is 94.0 Å². The summed E-state index contributed by atoms with van der Waals surface area (Å²) >= 11 is 1.36. The molecular weight excluding hydrogens is 469 g/mol. The van der Waals surface area contributed by atoms with Crippen LogP contribution < -0.4 is 10.7 Å². The van der Waals surface area contributed by atoms with Gasteiger partial charge in [0, 0.05) is 63.1 Å². The highest BCUT2D eigenvalue weighted by Crippen LogP contribution is 2.23. The van der Waals surface area contributed by atoms with Crippen molar-refractivity contribution in [2.24, 2.45) is 0 Å². The molecule has 1 unspecified atom stereocenters. The highest BCUT2D eigenvalue weighted by molar-refractivity contribution is 7.12. The Balaban J connectivity index is 1.50. The summed E-state index contributed by atoms with van der Waals surface area (Å²) in [4.78, 5) is 41.7. The van der Waals surface area contributed by atoms with Crippen LogP contribution in [0.1, 0.15) is 30.1 Å². The summed E-state index contributed by atoms with van der Waals surface area (Å²) in [6.45, 7) is 7.13. The van der Waals surface area contributed by atoms with E-state index >= 15 is 4.39 Å². The van der Waals surface area contributed by atoms with E-state index in [0.29, 0.717) is 30.8 Å². The van der Waals surface area contributed by atoms with Crippen molar-refractivity contribution in [3.05, 3.63) is 45.4 Å². The standard InChI is InChI=1S/C24H30FN7O2S/c1-16-4-3-7-30(16)8-5-26-21-19(25)14-17-20(33)18(23(34)31-11-9-29(2)10-12-31)15-32(22(17)28-21)24-27-6-13-35-24/h6,13-16H,3-5,7-12H2,1-2H3,(H,26,28). The summed E-state index contributed by atoms with van der Waals surface area (Å²) < 4.78 is 16.7. The molecule has 2 aliphatic heterocycles. The van der Waals surface area contributed by atoms with Gasteiger partial charge in [-0.25, -0.2) is 14.4 Å². The first-order valence-corrected chi connectivity index (χ1v) is 12.9. The number of hydrogen-bond donors (Lipinski definition) is 1. The molecule has 2 fully saturated rings. The van der Waals surface area contributed by atoms with Crippen LogP contribution in [0.25, 0.3) is 16.2 Å². The molecule has 11 heteroatoms. The van der Waals surface area contributed by atoms with Crippen LogP contribution in [0.4, 0.5) is 10.2 Å². The molecule has 2 aliphatic rings. The average Bonchev–Trinajstić information content (AvgIpc) is 3.52. The lowest BCUT2D eigenvalue weighted by Gasteiger charge is -2.32. The summed E-state index contributed by atoms with van der Waals surface area (Å²) in [5, 5.41) is 5.52. The molecule has 1 N–H and O–H groups in total. The predicted octanol–water partition coefficient (Wildman–Crippen LogP) is 2.27. The predicted molar refractivity (Wildman–Crippen MR) is 135 cm³/mol. The second-order valence-corrected chi connectivity index (χ2v) is 10.2. The molecule has 2 saturated heterocycles. The number of pyridine rings is 2. The first-order chi connectivity index (χ1) is 16.9. The van der Waals surface area contributed by atoms with E-state index in [-0.39, 0.29) is 28.3 Å². The van der Waals surface area contributed by atoms with E-state index in [9.17, 15) is 9.59 Å². The highest BCUT2D eigenvalue weighted by atomic mass is 32.1. The number of carbonyl (C=O) groups excluding carboxylic acids is 1. The fraction of sp³-hybridized carbons (Fsp3) is 0.500. The Bertz CT molecular complexity index is 1270. The van der Waals surface area contributed by atoms with Crippen LogP contribution in [-0.2, 0) is 0 Å². The molecule has 5 rings (SSSR count). The maximum atomic E-state index is 15.1. The third-order valence-electron chi connectivity index (χ3n) is 6.96. The van der Waals surface area contributed by atoms with Gasteiger partial charge in [0.2, 0.25) is 5.43 Å². The van der Waals surface area contributed by atoms with Crippen molar-refractivity contribution in [1.82, 2.24) is 29.2 Å². The molecule has 0 bridgehead atoms. The van der Waals surface area contributed by atoms with Gasteiger partial charge in [-0.15, -0.1) is 11.3 Å². The number of amides is 1. The molecular formula is C24H30FN7O2S. The minimum atomic E-state index is -0.612. The topological polar surface area (TPSA) is 86.6 Å². The fourth-order valence-electron chi connectivity index (χ4n) is 4.80. The molecule has 0 aliphatic carbocycles. The molecule has 1 atom stereocenters. The maximum Gasteiger partial charge on any atom is 0.259 e. The van der Waals surface area contributed by atoms with Crippen molar-refractivity contribution in [2.45, 2.75) is 25.8 Å². The number of halogens is 1. The highest BCUT2D eigenvalue weighted by Gasteiger charge is 2.26. The normalized spacial score (nSPS) is 19.5. The molecule has 35 heavy (non-hydrogen) atoms. The molecule has 0 saturated carbocycles. The summed E-state index contributed by atoms with van der Waals surface area (Å²) in [7, 11) is 2.00. The molecule has 186 valence electrons. The third kappa shape index (κ3) is 4.80. The molecule has 0 radical (unpaired) electrons. The zero-order valence-corrected chi connectivity index (χ0v) is 20.9. The number of nitrogens with one attached hydrogen (secondary N) is 1. The van der Waals surface area contributed by atoms with E-state index in [1.165, 1.54) is 36.4 Å². The first-order valence-electron chi connectivity index (χ1n) is 12.0. The number of carbonyl (C=O) groups is 1. The van der Waals surface area contributed by atoms with Gasteiger partial charge in [0.05, 0.1) is 5.39 Å². The van der Waals surface area contributed by atoms with Gasteiger partial charge in [0.25, 0.3) is 5.91 Å². The summed E-state index contributed by atoms with van der Waals surface area (Å²) in [6, 6.07) is 1.72. The van der Waals surface area contributed by atoms with Crippen LogP contribution in [0.5, 0.6) is 0 Å². The van der Waals surface area contributed by atoms with Crippen molar-refractivity contribution in [3.8, 4) is 5.13 Å². The van der Waals surface area contributed by atoms with Gasteiger partial charge in [0.1, 0.15) is 5.56 Å². The van der Waals surface area contributed by atoms with Crippen LogP contribution in [0.3, 0.4) is 0 Å². The Labute approximate surface area is 207 Å². The molecule has 3 aromatic heterocycles. The largest absolute Gasteiger partial charge is 0.366 e. The lowest BCUT2D eigenvalue weighted by atomic mass is 10.1. The van der Waals surface area contributed by atoms with Crippen LogP contribution in [0.15, 0.2) is 28.6 Å². The Morgan fingerprint density at radius 2 is 2.06 bits per heavy atom. The summed E-state index contributed by atoms with van der Waals surface area (Å²) in [5.74, 6) is -0.871. The third-order valence-corrected chi connectivity index (χ3v) is 7.73. The second-order valence-electron chi connectivity index (χ2n) is 9.30. The molecule has 9 nitrogen and oxygen atoms in total. The van der Waals surface area contributed by atoms with Crippen molar-refractivity contribution in [2.75, 3.05) is 58.2 Å². The number of likely N-dealkylation sites (N-methyl/N-ethyl adjacent to an activating group) is 1. The van der Waals surface area contributed by atoms with Gasteiger partial charge in [-0.3, -0.25) is 19.1 Å². The molecule has 5 heterocycles. The molecule has 3 aromatic rings. The smallest absolute Gasteiger partial charge is 0.259 e. The number of aromatic nitrogens is 3. The van der Waals surface area contributed by atoms with Crippen molar-refractivity contribution >= 4 is 34.1 Å². The number of piperazine rings is 1. The number of anilines is 1. The number of likely N-dealkylation sites (tertiary alicyclic amines) is 1. The number of thiazole rings is 1. The fourth-order valence-corrected chi connectivity index (χ4v) is 5.42. The Morgan fingerprint density at radius 1 is 1.26 bits per heavy atom. The van der Waals surface area contributed by atoms with E-state index in [1.807, 2.05) is 7.05 Å². The van der Waals surface area contributed by atoms with Gasteiger partial charge >= 0.3 is 0 Å². The van der Waals surface area contributed by atoms with E-state index < -0.39 is 11.2 Å². The molecule has 0 aromatic carbocycles. The van der Waals surface area contributed by atoms with Gasteiger partial charge < -0.3 is 15.1 Å². The van der Waals surface area contributed by atoms with E-state index in [2.05, 4.69) is 32.0 Å². The quantitative estimate of drug-likeness (QED) is 0.557. The van der Waals surface area contributed by atoms with E-state index in [1.54, 1.807) is 21.0 Å². The average molecular weight is 500 g/mol.